The largest absolute Gasteiger partial charge is 0.382 e. The number of benzene rings is 3. The zero-order valence-electron chi connectivity index (χ0n) is 16.5. The van der Waals surface area contributed by atoms with E-state index >= 15 is 0 Å². The molecule has 5 rings (SSSR count). The van der Waals surface area contributed by atoms with E-state index in [9.17, 15) is 4.79 Å². The lowest BCUT2D eigenvalue weighted by molar-refractivity contribution is -0.121. The van der Waals surface area contributed by atoms with E-state index in [2.05, 4.69) is 29.6 Å². The van der Waals surface area contributed by atoms with Crippen LogP contribution in [-0.4, -0.2) is 11.9 Å². The Bertz CT molecular complexity index is 946. The number of carbonyl (C=O) groups excluding carboxylic acids is 1. The van der Waals surface area contributed by atoms with Crippen molar-refractivity contribution >= 4 is 23.0 Å². The van der Waals surface area contributed by atoms with Crippen LogP contribution < -0.4 is 10.2 Å². The highest BCUT2D eigenvalue weighted by Crippen LogP contribution is 2.46. The van der Waals surface area contributed by atoms with Crippen LogP contribution in [0.1, 0.15) is 37.2 Å². The molecule has 3 aromatic rings. The summed E-state index contributed by atoms with van der Waals surface area (Å²) in [4.78, 5) is 16.1. The van der Waals surface area contributed by atoms with Gasteiger partial charge in [0.25, 0.3) is 0 Å². The molecular weight excluding hydrogens is 356 g/mol. The molecule has 29 heavy (non-hydrogen) atoms. The van der Waals surface area contributed by atoms with E-state index in [-0.39, 0.29) is 11.8 Å². The summed E-state index contributed by atoms with van der Waals surface area (Å²) in [6.45, 7) is 0. The zero-order valence-corrected chi connectivity index (χ0v) is 16.5. The van der Waals surface area contributed by atoms with E-state index in [1.165, 1.54) is 12.8 Å². The third-order valence-corrected chi connectivity index (χ3v) is 6.40. The minimum absolute atomic E-state index is 0.127. The predicted octanol–water partition coefficient (Wildman–Crippen LogP) is 6.12. The number of carbonyl (C=O) groups is 1. The summed E-state index contributed by atoms with van der Waals surface area (Å²) in [5.74, 6) is 0.382. The molecule has 146 valence electrons. The first kappa shape index (κ1) is 18.0. The summed E-state index contributed by atoms with van der Waals surface area (Å²) in [5.41, 5.74) is 4.10. The Balaban J connectivity index is 1.62. The van der Waals surface area contributed by atoms with Crippen LogP contribution in [0, 0.1) is 5.92 Å². The molecule has 1 fully saturated rings. The van der Waals surface area contributed by atoms with E-state index in [0.29, 0.717) is 12.0 Å². The Hall–Kier alpha value is -3.07. The van der Waals surface area contributed by atoms with Crippen LogP contribution >= 0.6 is 0 Å². The van der Waals surface area contributed by atoms with Gasteiger partial charge in [0.2, 0.25) is 5.91 Å². The van der Waals surface area contributed by atoms with E-state index < -0.39 is 0 Å². The zero-order chi connectivity index (χ0) is 19.6. The number of para-hydroxylation sites is 3. The maximum Gasteiger partial charge on any atom is 0.239 e. The number of anilines is 3. The smallest absolute Gasteiger partial charge is 0.239 e. The summed E-state index contributed by atoms with van der Waals surface area (Å²) in [6, 6.07) is 28.8. The fraction of sp³-hybridized carbons (Fsp3) is 0.269. The van der Waals surface area contributed by atoms with Gasteiger partial charge in [0.1, 0.15) is 0 Å². The third kappa shape index (κ3) is 3.31. The highest BCUT2D eigenvalue weighted by Gasteiger charge is 2.43. The van der Waals surface area contributed by atoms with Crippen molar-refractivity contribution < 1.29 is 4.79 Å². The molecule has 3 nitrogen and oxygen atoms in total. The Labute approximate surface area is 172 Å². The highest BCUT2D eigenvalue weighted by molar-refractivity contribution is 6.05. The fourth-order valence-electron chi connectivity index (χ4n) is 5.08. The van der Waals surface area contributed by atoms with Crippen LogP contribution in [0.2, 0.25) is 0 Å². The molecule has 1 N–H and O–H groups in total. The van der Waals surface area contributed by atoms with Gasteiger partial charge in [-0.3, -0.25) is 9.69 Å². The number of hydrogen-bond acceptors (Lipinski definition) is 2. The molecule has 3 atom stereocenters. The topological polar surface area (TPSA) is 32.3 Å². The van der Waals surface area contributed by atoms with Gasteiger partial charge in [0.15, 0.2) is 0 Å². The second-order valence-electron chi connectivity index (χ2n) is 8.11. The normalized spacial score (nSPS) is 22.7. The van der Waals surface area contributed by atoms with Crippen molar-refractivity contribution in [3.05, 3.63) is 90.5 Å². The summed E-state index contributed by atoms with van der Waals surface area (Å²) >= 11 is 0. The van der Waals surface area contributed by atoms with Gasteiger partial charge in [-0.1, -0.05) is 67.4 Å². The van der Waals surface area contributed by atoms with E-state index in [4.69, 9.17) is 0 Å². The summed E-state index contributed by atoms with van der Waals surface area (Å²) in [7, 11) is 0. The molecule has 3 heteroatoms. The van der Waals surface area contributed by atoms with Crippen molar-refractivity contribution in [2.75, 3.05) is 10.2 Å². The Morgan fingerprint density at radius 3 is 2.03 bits per heavy atom. The Morgan fingerprint density at radius 1 is 0.759 bits per heavy atom. The van der Waals surface area contributed by atoms with E-state index in [1.807, 2.05) is 65.6 Å². The number of rotatable bonds is 3. The van der Waals surface area contributed by atoms with Crippen LogP contribution in [0.4, 0.5) is 17.1 Å². The first-order chi connectivity index (χ1) is 14.3. The number of hydrogen-bond donors (Lipinski definition) is 1. The molecule has 1 aliphatic heterocycles. The lowest BCUT2D eigenvalue weighted by Crippen LogP contribution is -2.46. The molecule has 0 bridgehead atoms. The monoisotopic (exact) mass is 382 g/mol. The number of nitrogens with one attached hydrogen (secondary N) is 1. The van der Waals surface area contributed by atoms with Crippen molar-refractivity contribution in [2.45, 2.75) is 37.6 Å². The van der Waals surface area contributed by atoms with Gasteiger partial charge >= 0.3 is 0 Å². The summed E-state index contributed by atoms with van der Waals surface area (Å²) < 4.78 is 0. The average Bonchev–Trinajstić information content (AvgIpc) is 2.79. The molecule has 0 spiro atoms. The molecule has 0 saturated heterocycles. The summed E-state index contributed by atoms with van der Waals surface area (Å²) in [6.07, 6.45) is 4.67. The number of amides is 1. The average molecular weight is 383 g/mol. The molecule has 0 radical (unpaired) electrons. The maximum atomic E-state index is 14.2. The highest BCUT2D eigenvalue weighted by atomic mass is 16.2. The number of nitrogens with zero attached hydrogens (tertiary/aromatic N) is 1. The summed E-state index contributed by atoms with van der Waals surface area (Å²) in [5, 5.41) is 3.73. The quantitative estimate of drug-likeness (QED) is 0.592. The third-order valence-electron chi connectivity index (χ3n) is 6.40. The Morgan fingerprint density at radius 2 is 1.34 bits per heavy atom. The molecule has 0 unspecified atom stereocenters. The van der Waals surface area contributed by atoms with Crippen LogP contribution in [0.5, 0.6) is 0 Å². The van der Waals surface area contributed by atoms with E-state index in [0.717, 1.165) is 35.5 Å². The van der Waals surface area contributed by atoms with Gasteiger partial charge in [0, 0.05) is 23.1 Å². The van der Waals surface area contributed by atoms with Crippen LogP contribution in [0.15, 0.2) is 84.9 Å². The fourth-order valence-corrected chi connectivity index (χ4v) is 5.08. The minimum atomic E-state index is -0.127. The van der Waals surface area contributed by atoms with Gasteiger partial charge in [0.05, 0.1) is 5.92 Å². The van der Waals surface area contributed by atoms with Crippen LogP contribution in [0.25, 0.3) is 0 Å². The molecule has 1 saturated carbocycles. The van der Waals surface area contributed by atoms with Crippen molar-refractivity contribution in [2.24, 2.45) is 5.92 Å². The second-order valence-corrected chi connectivity index (χ2v) is 8.11. The van der Waals surface area contributed by atoms with Gasteiger partial charge < -0.3 is 5.32 Å². The van der Waals surface area contributed by atoms with Gasteiger partial charge in [-0.15, -0.1) is 0 Å². The SMILES string of the molecule is O=C([C@@H]1c2ccccc2N[C@@H]2CCCC[C@@H]12)N(c1ccccc1)c1ccccc1. The Kier molecular flexibility index (Phi) is 4.81. The molecule has 2 aliphatic rings. The first-order valence-electron chi connectivity index (χ1n) is 10.6. The second kappa shape index (κ2) is 7.75. The maximum absolute atomic E-state index is 14.2. The van der Waals surface area contributed by atoms with Crippen molar-refractivity contribution in [1.82, 2.24) is 0 Å². The lowest BCUT2D eigenvalue weighted by Gasteiger charge is -2.44. The predicted molar refractivity (Wildman–Crippen MR) is 119 cm³/mol. The lowest BCUT2D eigenvalue weighted by atomic mass is 9.70. The van der Waals surface area contributed by atoms with Crippen molar-refractivity contribution in [3.63, 3.8) is 0 Å². The molecule has 1 heterocycles. The molecular formula is C26H26N2O. The van der Waals surface area contributed by atoms with Gasteiger partial charge in [-0.25, -0.2) is 0 Å². The molecule has 1 aliphatic carbocycles. The van der Waals surface area contributed by atoms with Gasteiger partial charge in [-0.05, 0) is 54.7 Å². The molecule has 3 aromatic carbocycles. The van der Waals surface area contributed by atoms with Crippen LogP contribution in [-0.2, 0) is 4.79 Å². The van der Waals surface area contributed by atoms with Crippen molar-refractivity contribution in [3.8, 4) is 0 Å². The van der Waals surface area contributed by atoms with Crippen LogP contribution in [0.3, 0.4) is 0 Å². The van der Waals surface area contributed by atoms with Gasteiger partial charge in [-0.2, -0.15) is 0 Å². The standard InChI is InChI=1S/C26H26N2O/c29-26(28(19-11-3-1-4-12-19)20-13-5-2-6-14-20)25-21-15-7-9-17-23(21)27-24-18-10-8-16-22(24)25/h1-7,9,11-15,17,22,24-25,27H,8,10,16,18H2/t22-,24-,25-/m1/s1. The van der Waals surface area contributed by atoms with Crippen molar-refractivity contribution in [1.29, 1.82) is 0 Å². The molecule has 0 aromatic heterocycles. The number of fused-ring (bicyclic) bond motifs is 2. The first-order valence-corrected chi connectivity index (χ1v) is 10.6. The minimum Gasteiger partial charge on any atom is -0.382 e. The molecule has 1 amide bonds. The van der Waals surface area contributed by atoms with E-state index in [1.54, 1.807) is 0 Å².